The minimum absolute atomic E-state index is 0.140. The van der Waals surface area contributed by atoms with Crippen LogP contribution in [-0.2, 0) is 4.79 Å². The third-order valence-corrected chi connectivity index (χ3v) is 3.16. The van der Waals surface area contributed by atoms with E-state index in [0.717, 1.165) is 11.3 Å². The van der Waals surface area contributed by atoms with Gasteiger partial charge in [0.1, 0.15) is 0 Å². The maximum atomic E-state index is 11.5. The zero-order chi connectivity index (χ0) is 13.5. The van der Waals surface area contributed by atoms with Crippen LogP contribution in [0.5, 0.6) is 0 Å². The number of halogens is 1. The topological polar surface area (TPSA) is 53.5 Å². The Labute approximate surface area is 120 Å². The molecule has 0 unspecified atom stereocenters. The van der Waals surface area contributed by atoms with Gasteiger partial charge in [0.15, 0.2) is 0 Å². The number of carbonyl (C=O) groups is 1. The molecule has 0 radical (unpaired) electrons. The van der Waals surface area contributed by atoms with Gasteiger partial charge in [0.2, 0.25) is 0 Å². The zero-order valence-electron chi connectivity index (χ0n) is 9.97. The molecule has 2 aromatic rings. The molecule has 0 aliphatic carbocycles. The van der Waals surface area contributed by atoms with Gasteiger partial charge in [-0.1, -0.05) is 17.7 Å². The molecule has 0 atom stereocenters. The van der Waals surface area contributed by atoms with Crippen LogP contribution in [0.4, 0.5) is 5.69 Å². The van der Waals surface area contributed by atoms with Crippen LogP contribution in [0.15, 0.2) is 46.2 Å². The quantitative estimate of drug-likeness (QED) is 0.658. The molecule has 0 bridgehead atoms. The molecule has 0 spiro atoms. The molecule has 0 aliphatic heterocycles. The van der Waals surface area contributed by atoms with Crippen LogP contribution in [0.3, 0.4) is 0 Å². The summed E-state index contributed by atoms with van der Waals surface area (Å²) in [5.41, 5.74) is 4.21. The van der Waals surface area contributed by atoms with Gasteiger partial charge in [-0.25, -0.2) is 5.43 Å². The van der Waals surface area contributed by atoms with Gasteiger partial charge >= 0.3 is 0 Å². The molecule has 1 aromatic heterocycles. The van der Waals surface area contributed by atoms with Crippen molar-refractivity contribution in [3.63, 3.8) is 0 Å². The number of rotatable bonds is 5. The number of thiophene rings is 1. The summed E-state index contributed by atoms with van der Waals surface area (Å²) >= 11 is 7.42. The largest absolute Gasteiger partial charge is 0.376 e. The summed E-state index contributed by atoms with van der Waals surface area (Å²) < 4.78 is 0. The Kier molecular flexibility index (Phi) is 4.94. The summed E-state index contributed by atoms with van der Waals surface area (Å²) in [6.07, 6.45) is 1.60. The number of hydrogen-bond donors (Lipinski definition) is 2. The van der Waals surface area contributed by atoms with Crippen molar-refractivity contribution >= 4 is 40.7 Å². The van der Waals surface area contributed by atoms with Crippen molar-refractivity contribution in [3.8, 4) is 0 Å². The molecular weight excluding hydrogens is 282 g/mol. The van der Waals surface area contributed by atoms with E-state index in [-0.39, 0.29) is 12.5 Å². The third-order valence-electron chi connectivity index (χ3n) is 2.22. The van der Waals surface area contributed by atoms with E-state index in [2.05, 4.69) is 15.8 Å². The van der Waals surface area contributed by atoms with Crippen LogP contribution in [-0.4, -0.2) is 18.7 Å². The number of nitrogens with one attached hydrogen (secondary N) is 2. The van der Waals surface area contributed by atoms with E-state index in [1.54, 1.807) is 29.7 Å². The van der Waals surface area contributed by atoms with Crippen molar-refractivity contribution in [2.24, 2.45) is 5.10 Å². The highest BCUT2D eigenvalue weighted by Gasteiger charge is 1.99. The second-order valence-corrected chi connectivity index (χ2v) is 4.93. The zero-order valence-corrected chi connectivity index (χ0v) is 11.5. The van der Waals surface area contributed by atoms with E-state index in [0.29, 0.717) is 5.02 Å². The minimum atomic E-state index is -0.216. The number of benzene rings is 1. The van der Waals surface area contributed by atoms with E-state index < -0.39 is 0 Å². The Bertz CT molecular complexity index is 569. The smallest absolute Gasteiger partial charge is 0.259 e. The molecule has 0 fully saturated rings. The van der Waals surface area contributed by atoms with Gasteiger partial charge in [-0.15, -0.1) is 0 Å². The normalized spacial score (nSPS) is 10.6. The van der Waals surface area contributed by atoms with Crippen molar-refractivity contribution in [2.45, 2.75) is 0 Å². The van der Waals surface area contributed by atoms with E-state index in [1.165, 1.54) is 0 Å². The SMILES string of the molecule is O=C(CNc1cccc(Cl)c1)N/N=C/c1ccsc1. The molecule has 4 nitrogen and oxygen atoms in total. The molecule has 1 aromatic carbocycles. The van der Waals surface area contributed by atoms with E-state index in [4.69, 9.17) is 11.6 Å². The molecule has 1 amide bonds. The Balaban J connectivity index is 1.76. The summed E-state index contributed by atoms with van der Waals surface area (Å²) in [5.74, 6) is -0.216. The molecular formula is C13H12ClN3OS. The van der Waals surface area contributed by atoms with Gasteiger partial charge < -0.3 is 5.32 Å². The lowest BCUT2D eigenvalue weighted by molar-refractivity contribution is -0.119. The van der Waals surface area contributed by atoms with E-state index in [1.807, 2.05) is 29.0 Å². The highest BCUT2D eigenvalue weighted by atomic mass is 35.5. The predicted octanol–water partition coefficient (Wildman–Crippen LogP) is 2.96. The van der Waals surface area contributed by atoms with Crippen molar-refractivity contribution in [3.05, 3.63) is 51.7 Å². The molecule has 1 heterocycles. The molecule has 19 heavy (non-hydrogen) atoms. The second-order valence-electron chi connectivity index (χ2n) is 3.71. The standard InChI is InChI=1S/C13H12ClN3OS/c14-11-2-1-3-12(6-11)15-8-13(18)17-16-7-10-4-5-19-9-10/h1-7,9,15H,8H2,(H,17,18)/b16-7+. The van der Waals surface area contributed by atoms with Gasteiger partial charge in [-0.3, -0.25) is 4.79 Å². The Morgan fingerprint density at radius 2 is 2.32 bits per heavy atom. The molecule has 0 saturated carbocycles. The summed E-state index contributed by atoms with van der Waals surface area (Å²) in [6.45, 7) is 0.140. The lowest BCUT2D eigenvalue weighted by Gasteiger charge is -2.05. The lowest BCUT2D eigenvalue weighted by Crippen LogP contribution is -2.25. The van der Waals surface area contributed by atoms with E-state index in [9.17, 15) is 4.79 Å². The summed E-state index contributed by atoms with van der Waals surface area (Å²) in [4.78, 5) is 11.5. The van der Waals surface area contributed by atoms with Gasteiger partial charge in [-0.05, 0) is 35.0 Å². The lowest BCUT2D eigenvalue weighted by atomic mass is 10.3. The highest BCUT2D eigenvalue weighted by molar-refractivity contribution is 7.08. The van der Waals surface area contributed by atoms with Crippen LogP contribution in [0.1, 0.15) is 5.56 Å². The van der Waals surface area contributed by atoms with Crippen LogP contribution >= 0.6 is 22.9 Å². The monoisotopic (exact) mass is 293 g/mol. The maximum absolute atomic E-state index is 11.5. The van der Waals surface area contributed by atoms with Gasteiger partial charge in [0.25, 0.3) is 5.91 Å². The predicted molar refractivity (Wildman–Crippen MR) is 80.0 cm³/mol. The summed E-state index contributed by atoms with van der Waals surface area (Å²) in [7, 11) is 0. The summed E-state index contributed by atoms with van der Waals surface area (Å²) in [5, 5.41) is 11.3. The molecule has 98 valence electrons. The number of carbonyl (C=O) groups excluding carboxylic acids is 1. The van der Waals surface area contributed by atoms with Gasteiger partial charge in [0, 0.05) is 16.3 Å². The van der Waals surface area contributed by atoms with Crippen molar-refractivity contribution < 1.29 is 4.79 Å². The number of anilines is 1. The van der Waals surface area contributed by atoms with Crippen molar-refractivity contribution in [1.82, 2.24) is 5.43 Å². The Hall–Kier alpha value is -1.85. The first-order valence-electron chi connectivity index (χ1n) is 5.57. The van der Waals surface area contributed by atoms with Crippen molar-refractivity contribution in [1.29, 1.82) is 0 Å². The van der Waals surface area contributed by atoms with Crippen LogP contribution < -0.4 is 10.7 Å². The van der Waals surface area contributed by atoms with Gasteiger partial charge in [-0.2, -0.15) is 16.4 Å². The number of nitrogens with zero attached hydrogens (tertiary/aromatic N) is 1. The second kappa shape index (κ2) is 6.92. The van der Waals surface area contributed by atoms with Crippen LogP contribution in [0.25, 0.3) is 0 Å². The number of hydrazone groups is 1. The van der Waals surface area contributed by atoms with Crippen LogP contribution in [0.2, 0.25) is 5.02 Å². The minimum Gasteiger partial charge on any atom is -0.376 e. The Morgan fingerprint density at radius 3 is 3.05 bits per heavy atom. The molecule has 0 aliphatic rings. The maximum Gasteiger partial charge on any atom is 0.259 e. The molecule has 2 N–H and O–H groups in total. The first-order valence-corrected chi connectivity index (χ1v) is 6.89. The number of hydrogen-bond acceptors (Lipinski definition) is 4. The van der Waals surface area contributed by atoms with Crippen LogP contribution in [0, 0.1) is 0 Å². The van der Waals surface area contributed by atoms with Gasteiger partial charge in [0.05, 0.1) is 12.8 Å². The fourth-order valence-corrected chi connectivity index (χ4v) is 2.15. The highest BCUT2D eigenvalue weighted by Crippen LogP contribution is 2.14. The average Bonchev–Trinajstić information content (AvgIpc) is 2.90. The Morgan fingerprint density at radius 1 is 1.42 bits per heavy atom. The number of amides is 1. The van der Waals surface area contributed by atoms with Crippen molar-refractivity contribution in [2.75, 3.05) is 11.9 Å². The first kappa shape index (κ1) is 13.6. The molecule has 2 rings (SSSR count). The third kappa shape index (κ3) is 4.73. The fourth-order valence-electron chi connectivity index (χ4n) is 1.35. The van der Waals surface area contributed by atoms with E-state index >= 15 is 0 Å². The summed E-state index contributed by atoms with van der Waals surface area (Å²) in [6, 6.07) is 9.11. The molecule has 6 heteroatoms. The molecule has 0 saturated heterocycles. The first-order chi connectivity index (χ1) is 9.24. The fraction of sp³-hybridized carbons (Fsp3) is 0.0769. The average molecular weight is 294 g/mol.